The van der Waals surface area contributed by atoms with Gasteiger partial charge >= 0.3 is 0 Å². The van der Waals surface area contributed by atoms with Gasteiger partial charge in [-0.05, 0) is 19.8 Å². The molecule has 16 heavy (non-hydrogen) atoms. The normalized spacial score (nSPS) is 13.8. The Hall–Kier alpha value is -0.610. The fraction of sp³-hybridized carbons (Fsp3) is 0.917. The number of hydrogen-bond donors (Lipinski definition) is 2. The van der Waals surface area contributed by atoms with Crippen molar-refractivity contribution < 1.29 is 9.47 Å². The third-order valence-corrected chi connectivity index (χ3v) is 2.73. The van der Waals surface area contributed by atoms with E-state index in [2.05, 4.69) is 0 Å². The second-order valence-electron chi connectivity index (χ2n) is 4.89. The molecule has 3 N–H and O–H groups in total. The third kappa shape index (κ3) is 6.80. The van der Waals surface area contributed by atoms with Crippen molar-refractivity contribution in [2.75, 3.05) is 20.3 Å². The predicted octanol–water partition coefficient (Wildman–Crippen LogP) is 2.17. The van der Waals surface area contributed by atoms with Crippen LogP contribution in [-0.2, 0) is 9.47 Å². The van der Waals surface area contributed by atoms with Gasteiger partial charge in [0.1, 0.15) is 0 Å². The first-order valence-electron chi connectivity index (χ1n) is 5.85. The van der Waals surface area contributed by atoms with E-state index in [1.165, 1.54) is 0 Å². The maximum atomic E-state index is 7.43. The number of rotatable bonds is 9. The van der Waals surface area contributed by atoms with Crippen molar-refractivity contribution in [2.24, 2.45) is 11.1 Å². The first-order chi connectivity index (χ1) is 7.40. The van der Waals surface area contributed by atoms with Crippen LogP contribution in [0.2, 0.25) is 0 Å². The Morgan fingerprint density at radius 1 is 1.38 bits per heavy atom. The van der Waals surface area contributed by atoms with Crippen LogP contribution in [0.15, 0.2) is 0 Å². The summed E-state index contributed by atoms with van der Waals surface area (Å²) in [4.78, 5) is 0. The number of nitrogens with two attached hydrogens (primary N) is 1. The van der Waals surface area contributed by atoms with Crippen molar-refractivity contribution >= 4 is 5.84 Å². The van der Waals surface area contributed by atoms with E-state index in [1.54, 1.807) is 7.11 Å². The van der Waals surface area contributed by atoms with E-state index < -0.39 is 0 Å². The summed E-state index contributed by atoms with van der Waals surface area (Å²) in [7, 11) is 1.68. The highest BCUT2D eigenvalue weighted by molar-refractivity contribution is 5.82. The van der Waals surface area contributed by atoms with Crippen LogP contribution in [0.5, 0.6) is 0 Å². The fourth-order valence-corrected chi connectivity index (χ4v) is 1.37. The van der Waals surface area contributed by atoms with Crippen LogP contribution in [0.1, 0.15) is 40.0 Å². The Morgan fingerprint density at radius 2 is 2.00 bits per heavy atom. The summed E-state index contributed by atoms with van der Waals surface area (Å²) in [6.07, 6.45) is 3.13. The molecule has 0 aliphatic rings. The lowest BCUT2D eigenvalue weighted by Crippen LogP contribution is -2.30. The van der Waals surface area contributed by atoms with Crippen molar-refractivity contribution in [2.45, 2.75) is 46.1 Å². The SMILES string of the molecule is COCC(C)OCCCCC(C)(C)C(=N)N. The lowest BCUT2D eigenvalue weighted by molar-refractivity contribution is 0.00731. The zero-order chi connectivity index (χ0) is 12.6. The van der Waals surface area contributed by atoms with Gasteiger partial charge in [-0.15, -0.1) is 0 Å². The smallest absolute Gasteiger partial charge is 0.0963 e. The van der Waals surface area contributed by atoms with E-state index in [-0.39, 0.29) is 17.4 Å². The molecule has 0 aromatic heterocycles. The van der Waals surface area contributed by atoms with Crippen LogP contribution in [0, 0.1) is 10.8 Å². The number of unbranched alkanes of at least 4 members (excludes halogenated alkanes) is 1. The van der Waals surface area contributed by atoms with Gasteiger partial charge in [0, 0.05) is 19.1 Å². The minimum absolute atomic E-state index is 0.158. The van der Waals surface area contributed by atoms with Gasteiger partial charge in [-0.1, -0.05) is 20.3 Å². The molecule has 0 rings (SSSR count). The molecule has 1 unspecified atom stereocenters. The largest absolute Gasteiger partial charge is 0.387 e. The van der Waals surface area contributed by atoms with Gasteiger partial charge in [0.05, 0.1) is 18.5 Å². The van der Waals surface area contributed by atoms with Crippen LogP contribution < -0.4 is 5.73 Å². The van der Waals surface area contributed by atoms with Gasteiger partial charge in [-0.25, -0.2) is 0 Å². The summed E-state index contributed by atoms with van der Waals surface area (Å²) in [6, 6.07) is 0. The molecule has 0 fully saturated rings. The van der Waals surface area contributed by atoms with Gasteiger partial charge in [-0.3, -0.25) is 5.41 Å². The molecular weight excluding hydrogens is 204 g/mol. The monoisotopic (exact) mass is 230 g/mol. The average molecular weight is 230 g/mol. The molecule has 0 heterocycles. The van der Waals surface area contributed by atoms with E-state index in [0.29, 0.717) is 6.61 Å². The Balaban J connectivity index is 3.50. The van der Waals surface area contributed by atoms with Crippen LogP contribution >= 0.6 is 0 Å². The van der Waals surface area contributed by atoms with Crippen LogP contribution in [0.3, 0.4) is 0 Å². The minimum atomic E-state index is -0.182. The van der Waals surface area contributed by atoms with Crippen molar-refractivity contribution in [1.82, 2.24) is 0 Å². The molecule has 0 aromatic rings. The summed E-state index contributed by atoms with van der Waals surface area (Å²) in [6.45, 7) is 7.40. The zero-order valence-electron chi connectivity index (χ0n) is 11.0. The summed E-state index contributed by atoms with van der Waals surface area (Å²) in [5, 5.41) is 7.43. The molecule has 4 heteroatoms. The second-order valence-corrected chi connectivity index (χ2v) is 4.89. The van der Waals surface area contributed by atoms with Gasteiger partial charge in [-0.2, -0.15) is 0 Å². The molecule has 0 spiro atoms. The quantitative estimate of drug-likeness (QED) is 0.362. The molecule has 0 saturated heterocycles. The summed E-state index contributed by atoms with van der Waals surface area (Å²) >= 11 is 0. The maximum Gasteiger partial charge on any atom is 0.0963 e. The molecule has 0 aliphatic carbocycles. The van der Waals surface area contributed by atoms with Crippen molar-refractivity contribution in [3.63, 3.8) is 0 Å². The molecule has 0 bridgehead atoms. The molecule has 0 aliphatic heterocycles. The molecular formula is C12H26N2O2. The highest BCUT2D eigenvalue weighted by Gasteiger charge is 2.20. The first kappa shape index (κ1) is 15.4. The van der Waals surface area contributed by atoms with Crippen LogP contribution in [0.4, 0.5) is 0 Å². The number of nitrogens with one attached hydrogen (secondary N) is 1. The zero-order valence-corrected chi connectivity index (χ0v) is 11.0. The second kappa shape index (κ2) is 7.63. The summed E-state index contributed by atoms with van der Waals surface area (Å²) in [5.41, 5.74) is 5.33. The molecule has 0 saturated carbocycles. The standard InChI is InChI=1S/C12H26N2O2/c1-10(9-15-4)16-8-6-5-7-12(2,3)11(13)14/h10H,5-9H2,1-4H3,(H3,13,14). The number of hydrogen-bond acceptors (Lipinski definition) is 3. The van der Waals surface area contributed by atoms with Gasteiger partial charge in [0.25, 0.3) is 0 Å². The van der Waals surface area contributed by atoms with Crippen molar-refractivity contribution in [3.05, 3.63) is 0 Å². The predicted molar refractivity (Wildman–Crippen MR) is 66.8 cm³/mol. The lowest BCUT2D eigenvalue weighted by atomic mass is 9.86. The Labute approximate surface area is 99.0 Å². The minimum Gasteiger partial charge on any atom is -0.387 e. The van der Waals surface area contributed by atoms with Crippen LogP contribution in [-0.4, -0.2) is 32.3 Å². The molecule has 96 valence electrons. The number of methoxy groups -OCH3 is 1. The van der Waals surface area contributed by atoms with Crippen molar-refractivity contribution in [1.29, 1.82) is 5.41 Å². The topological polar surface area (TPSA) is 68.3 Å². The Kier molecular flexibility index (Phi) is 7.34. The molecule has 0 aromatic carbocycles. The summed E-state index contributed by atoms with van der Waals surface area (Å²) < 4.78 is 10.5. The Morgan fingerprint density at radius 3 is 2.50 bits per heavy atom. The molecule has 1 atom stereocenters. The van der Waals surface area contributed by atoms with Crippen molar-refractivity contribution in [3.8, 4) is 0 Å². The van der Waals surface area contributed by atoms with E-state index in [0.717, 1.165) is 25.9 Å². The van der Waals surface area contributed by atoms with Crippen LogP contribution in [0.25, 0.3) is 0 Å². The average Bonchev–Trinajstić information content (AvgIpc) is 2.17. The molecule has 0 radical (unpaired) electrons. The first-order valence-corrected chi connectivity index (χ1v) is 5.85. The summed E-state index contributed by atoms with van der Waals surface area (Å²) in [5.74, 6) is 0.265. The third-order valence-electron chi connectivity index (χ3n) is 2.73. The van der Waals surface area contributed by atoms with E-state index in [9.17, 15) is 0 Å². The van der Waals surface area contributed by atoms with Gasteiger partial charge in [0.15, 0.2) is 0 Å². The van der Waals surface area contributed by atoms with Gasteiger partial charge < -0.3 is 15.2 Å². The number of amidine groups is 1. The van der Waals surface area contributed by atoms with E-state index >= 15 is 0 Å². The lowest BCUT2D eigenvalue weighted by Gasteiger charge is -2.22. The fourth-order valence-electron chi connectivity index (χ4n) is 1.37. The number of ether oxygens (including phenoxy) is 2. The highest BCUT2D eigenvalue weighted by Crippen LogP contribution is 2.22. The maximum absolute atomic E-state index is 7.43. The highest BCUT2D eigenvalue weighted by atomic mass is 16.5. The molecule has 0 amide bonds. The van der Waals surface area contributed by atoms with E-state index in [1.807, 2.05) is 20.8 Å². The van der Waals surface area contributed by atoms with Gasteiger partial charge in [0.2, 0.25) is 0 Å². The molecule has 4 nitrogen and oxygen atoms in total. The van der Waals surface area contributed by atoms with E-state index in [4.69, 9.17) is 20.6 Å². The Bertz CT molecular complexity index is 205.